The van der Waals surface area contributed by atoms with Gasteiger partial charge in [0.15, 0.2) is 0 Å². The van der Waals surface area contributed by atoms with Crippen molar-refractivity contribution in [2.75, 3.05) is 9.62 Å². The topological polar surface area (TPSA) is 95.2 Å². The van der Waals surface area contributed by atoms with E-state index in [1.54, 1.807) is 17.0 Å². The van der Waals surface area contributed by atoms with Crippen LogP contribution in [-0.2, 0) is 14.8 Å². The summed E-state index contributed by atoms with van der Waals surface area (Å²) >= 11 is 0. The number of nitrogens with zero attached hydrogens (tertiary/aromatic N) is 2. The average molecular weight is 396 g/mol. The van der Waals surface area contributed by atoms with Crippen LogP contribution in [0.2, 0.25) is 0 Å². The fourth-order valence-electron chi connectivity index (χ4n) is 3.42. The Morgan fingerprint density at radius 3 is 2.50 bits per heavy atom. The van der Waals surface area contributed by atoms with Crippen molar-refractivity contribution in [1.82, 2.24) is 9.97 Å². The van der Waals surface area contributed by atoms with Gasteiger partial charge in [0.05, 0.1) is 5.25 Å². The van der Waals surface area contributed by atoms with Crippen LogP contribution >= 0.6 is 0 Å². The molecule has 0 radical (unpaired) electrons. The summed E-state index contributed by atoms with van der Waals surface area (Å²) in [7, 11) is -3.28. The van der Waals surface area contributed by atoms with Gasteiger partial charge in [-0.1, -0.05) is 12.1 Å². The molecule has 0 aliphatic heterocycles. The molecule has 0 unspecified atom stereocenters. The second-order valence-corrected chi connectivity index (χ2v) is 9.40. The maximum atomic E-state index is 12.1. The van der Waals surface area contributed by atoms with Crippen molar-refractivity contribution in [2.45, 2.75) is 37.0 Å². The molecule has 2 aliphatic rings. The molecule has 8 heteroatoms. The van der Waals surface area contributed by atoms with E-state index < -0.39 is 10.0 Å². The Morgan fingerprint density at radius 1 is 1.11 bits per heavy atom. The number of aromatic amines is 1. The van der Waals surface area contributed by atoms with Crippen LogP contribution in [0.5, 0.6) is 0 Å². The molecule has 5 rings (SSSR count). The third kappa shape index (κ3) is 3.13. The number of anilines is 2. The molecule has 7 nitrogen and oxygen atoms in total. The van der Waals surface area contributed by atoms with Gasteiger partial charge in [-0.05, 0) is 61.1 Å². The zero-order chi connectivity index (χ0) is 19.3. The highest BCUT2D eigenvalue weighted by Gasteiger charge is 2.35. The minimum Gasteiger partial charge on any atom is -0.346 e. The maximum absolute atomic E-state index is 12.1. The van der Waals surface area contributed by atoms with Gasteiger partial charge in [-0.3, -0.25) is 14.4 Å². The number of H-pyrrole nitrogens is 1. The van der Waals surface area contributed by atoms with Crippen LogP contribution in [-0.4, -0.2) is 36.1 Å². The lowest BCUT2D eigenvalue weighted by Crippen LogP contribution is -2.24. The number of carbonyl (C=O) groups is 1. The Morgan fingerprint density at radius 2 is 1.86 bits per heavy atom. The molecule has 2 N–H and O–H groups in total. The smallest absolute Gasteiger partial charge is 0.235 e. The molecule has 0 bridgehead atoms. The van der Waals surface area contributed by atoms with Gasteiger partial charge in [0.2, 0.25) is 16.4 Å². The number of hydrogen-bond donors (Lipinski definition) is 2. The Labute approximate surface area is 162 Å². The second-order valence-electron chi connectivity index (χ2n) is 7.44. The van der Waals surface area contributed by atoms with Crippen molar-refractivity contribution in [2.24, 2.45) is 0 Å². The molecule has 2 fully saturated rings. The lowest BCUT2D eigenvalue weighted by Gasteiger charge is -2.17. The van der Waals surface area contributed by atoms with Crippen LogP contribution in [0, 0.1) is 0 Å². The minimum atomic E-state index is -3.28. The predicted molar refractivity (Wildman–Crippen MR) is 109 cm³/mol. The molecule has 1 amide bonds. The number of aromatic nitrogens is 2. The van der Waals surface area contributed by atoms with Crippen LogP contribution in [0.4, 0.5) is 11.5 Å². The van der Waals surface area contributed by atoms with Crippen LogP contribution in [0.1, 0.15) is 25.7 Å². The summed E-state index contributed by atoms with van der Waals surface area (Å²) in [5, 5.41) is 0.697. The van der Waals surface area contributed by atoms with Crippen molar-refractivity contribution in [3.05, 3.63) is 42.6 Å². The van der Waals surface area contributed by atoms with Gasteiger partial charge < -0.3 is 4.98 Å². The number of fused-ring (bicyclic) bond motifs is 1. The van der Waals surface area contributed by atoms with Crippen LogP contribution in [0.15, 0.2) is 42.6 Å². The first-order chi connectivity index (χ1) is 13.5. The highest BCUT2D eigenvalue weighted by molar-refractivity contribution is 7.93. The van der Waals surface area contributed by atoms with Gasteiger partial charge in [0.25, 0.3) is 0 Å². The van der Waals surface area contributed by atoms with Crippen LogP contribution in [0.25, 0.3) is 22.2 Å². The van der Waals surface area contributed by atoms with E-state index in [2.05, 4.69) is 14.7 Å². The summed E-state index contributed by atoms with van der Waals surface area (Å²) in [6, 6.07) is 11.4. The van der Waals surface area contributed by atoms with Gasteiger partial charge in [-0.15, -0.1) is 0 Å². The third-order valence-corrected chi connectivity index (χ3v) is 7.12. The lowest BCUT2D eigenvalue weighted by molar-refractivity contribution is -0.107. The average Bonchev–Trinajstić information content (AvgIpc) is 3.60. The van der Waals surface area contributed by atoms with E-state index in [4.69, 9.17) is 0 Å². The molecule has 0 saturated heterocycles. The van der Waals surface area contributed by atoms with Gasteiger partial charge >= 0.3 is 0 Å². The van der Waals surface area contributed by atoms with Gasteiger partial charge in [-0.2, -0.15) is 0 Å². The molecule has 0 atom stereocenters. The summed E-state index contributed by atoms with van der Waals surface area (Å²) in [6.07, 6.45) is 6.11. The molecule has 2 saturated carbocycles. The van der Waals surface area contributed by atoms with Crippen molar-refractivity contribution >= 4 is 39.0 Å². The van der Waals surface area contributed by atoms with Crippen LogP contribution in [0.3, 0.4) is 0 Å². The quantitative estimate of drug-likeness (QED) is 0.599. The van der Waals surface area contributed by atoms with Crippen molar-refractivity contribution < 1.29 is 13.2 Å². The van der Waals surface area contributed by atoms with Crippen molar-refractivity contribution in [3.8, 4) is 11.1 Å². The number of nitrogens with one attached hydrogen (secondary N) is 2. The number of amides is 1. The molecule has 144 valence electrons. The summed E-state index contributed by atoms with van der Waals surface area (Å²) < 4.78 is 26.9. The zero-order valence-corrected chi connectivity index (χ0v) is 15.9. The highest BCUT2D eigenvalue weighted by Crippen LogP contribution is 2.36. The highest BCUT2D eigenvalue weighted by atomic mass is 32.2. The number of pyridine rings is 1. The standard InChI is InChI=1S/C20H20N4O3S/c25-12-24(15-5-6-15)19-11-18(17-9-10-21-20(17)22-19)13-1-3-14(4-2-13)23-28(26,27)16-7-8-16/h1-4,9-12,15-16,23H,5-8H2,(H,21,22). The Balaban J connectivity index is 1.51. The molecule has 2 heterocycles. The van der Waals surface area contributed by atoms with E-state index in [9.17, 15) is 13.2 Å². The molecular formula is C20H20N4O3S. The third-order valence-electron chi connectivity index (χ3n) is 5.25. The first kappa shape index (κ1) is 17.2. The molecule has 2 aliphatic carbocycles. The Hall–Kier alpha value is -2.87. The predicted octanol–water partition coefficient (Wildman–Crippen LogP) is 3.26. The number of sulfonamides is 1. The zero-order valence-electron chi connectivity index (χ0n) is 15.1. The normalized spacial score (nSPS) is 16.9. The molecule has 0 spiro atoms. The number of hydrogen-bond acceptors (Lipinski definition) is 4. The maximum Gasteiger partial charge on any atom is 0.235 e. The van der Waals surface area contributed by atoms with Gasteiger partial charge in [-0.25, -0.2) is 13.4 Å². The minimum absolute atomic E-state index is 0.226. The van der Waals surface area contributed by atoms with Crippen LogP contribution < -0.4 is 9.62 Å². The van der Waals surface area contributed by atoms with Crippen molar-refractivity contribution in [1.29, 1.82) is 0 Å². The van der Waals surface area contributed by atoms with E-state index in [1.165, 1.54) is 0 Å². The van der Waals surface area contributed by atoms with E-state index in [0.29, 0.717) is 11.5 Å². The second kappa shape index (κ2) is 6.34. The molecule has 28 heavy (non-hydrogen) atoms. The van der Waals surface area contributed by atoms with E-state index >= 15 is 0 Å². The SMILES string of the molecule is O=CN(c1cc(-c2ccc(NS(=O)(=O)C3CC3)cc2)c2cc[nH]c2n1)C1CC1. The van der Waals surface area contributed by atoms with Gasteiger partial charge in [0.1, 0.15) is 11.5 Å². The fraction of sp³-hybridized carbons (Fsp3) is 0.300. The summed E-state index contributed by atoms with van der Waals surface area (Å²) in [5.74, 6) is 0.626. The van der Waals surface area contributed by atoms with Gasteiger partial charge in [0, 0.05) is 23.3 Å². The first-order valence-electron chi connectivity index (χ1n) is 9.39. The summed E-state index contributed by atoms with van der Waals surface area (Å²) in [4.78, 5) is 21.0. The summed E-state index contributed by atoms with van der Waals surface area (Å²) in [5.41, 5.74) is 3.16. The molecular weight excluding hydrogens is 376 g/mol. The Bertz CT molecular complexity index is 1150. The monoisotopic (exact) mass is 396 g/mol. The van der Waals surface area contributed by atoms with E-state index in [1.807, 2.05) is 30.5 Å². The molecule has 3 aromatic rings. The van der Waals surface area contributed by atoms with E-state index in [0.717, 1.165) is 54.3 Å². The molecule has 2 aromatic heterocycles. The number of rotatable bonds is 7. The fourth-order valence-corrected chi connectivity index (χ4v) is 4.81. The first-order valence-corrected chi connectivity index (χ1v) is 10.9. The molecule has 1 aromatic carbocycles. The van der Waals surface area contributed by atoms with E-state index in [-0.39, 0.29) is 11.3 Å². The van der Waals surface area contributed by atoms with Crippen molar-refractivity contribution in [3.63, 3.8) is 0 Å². The largest absolute Gasteiger partial charge is 0.346 e. The number of benzene rings is 1. The number of carbonyl (C=O) groups excluding carboxylic acids is 1. The Kier molecular flexibility index (Phi) is 3.90. The summed E-state index contributed by atoms with van der Waals surface area (Å²) in [6.45, 7) is 0. The lowest BCUT2D eigenvalue weighted by atomic mass is 10.0.